The Hall–Kier alpha value is -3.44. The lowest BCUT2D eigenvalue weighted by Crippen LogP contribution is -2.27. The van der Waals surface area contributed by atoms with Crippen LogP contribution in [0.25, 0.3) is 28.1 Å². The minimum Gasteiger partial charge on any atom is -0.457 e. The second kappa shape index (κ2) is 10.0. The predicted molar refractivity (Wildman–Crippen MR) is 152 cm³/mol. The molecule has 1 fully saturated rings. The van der Waals surface area contributed by atoms with Gasteiger partial charge in [-0.05, 0) is 67.9 Å². The third-order valence-electron chi connectivity index (χ3n) is 6.63. The van der Waals surface area contributed by atoms with Crippen LogP contribution in [0.1, 0.15) is 18.4 Å². The van der Waals surface area contributed by atoms with Gasteiger partial charge in [0.25, 0.3) is 5.56 Å². The van der Waals surface area contributed by atoms with Crippen LogP contribution in [0.3, 0.4) is 0 Å². The number of nitrogens with zero attached hydrogens (tertiary/aromatic N) is 2. The number of hydrogen-bond donors (Lipinski definition) is 2. The van der Waals surface area contributed by atoms with Crippen molar-refractivity contribution in [3.05, 3.63) is 82.5 Å². The summed E-state index contributed by atoms with van der Waals surface area (Å²) in [6.07, 6.45) is 7.00. The van der Waals surface area contributed by atoms with Crippen molar-refractivity contribution >= 4 is 35.3 Å². The molecule has 10 heteroatoms. The van der Waals surface area contributed by atoms with Crippen LogP contribution in [0.15, 0.2) is 76.3 Å². The van der Waals surface area contributed by atoms with E-state index in [9.17, 15) is 18.0 Å². The van der Waals surface area contributed by atoms with E-state index < -0.39 is 18.3 Å². The number of aromatic nitrogens is 2. The number of rotatable bonds is 7. The van der Waals surface area contributed by atoms with Crippen molar-refractivity contribution < 1.29 is 18.0 Å². The van der Waals surface area contributed by atoms with Gasteiger partial charge in [-0.25, -0.2) is 8.42 Å². The van der Waals surface area contributed by atoms with E-state index >= 15 is 0 Å². The van der Waals surface area contributed by atoms with Crippen LogP contribution >= 0.6 is 0 Å². The number of nitrogens with one attached hydrogen (secondary N) is 1. The molecule has 2 aromatic carbocycles. The van der Waals surface area contributed by atoms with Gasteiger partial charge in [-0.1, -0.05) is 23.9 Å². The Balaban J connectivity index is 1.60. The first-order valence-electron chi connectivity index (χ1n) is 12.5. The number of fused-ring (bicyclic) bond motifs is 1. The fraction of sp³-hybridized carbons (Fsp3) is 0.250. The molecule has 0 amide bonds. The third-order valence-corrected chi connectivity index (χ3v) is 9.51. The monoisotopic (exact) mass is 549 g/mol. The van der Waals surface area contributed by atoms with Crippen molar-refractivity contribution in [2.75, 3.05) is 13.1 Å². The molecule has 1 saturated heterocycles. The molecule has 1 aliphatic heterocycles. The summed E-state index contributed by atoms with van der Waals surface area (Å²) in [4.78, 5) is 25.9. The molecule has 2 aromatic heterocycles. The van der Waals surface area contributed by atoms with Crippen molar-refractivity contribution in [1.82, 2.24) is 13.9 Å². The van der Waals surface area contributed by atoms with Gasteiger partial charge in [0.15, 0.2) is 0 Å². The van der Waals surface area contributed by atoms with Gasteiger partial charge in [-0.2, -0.15) is 4.31 Å². The highest BCUT2D eigenvalue weighted by Crippen LogP contribution is 2.39. The summed E-state index contributed by atoms with van der Waals surface area (Å²) in [6.45, 7) is 4.71. The number of hydrogen-bond acceptors (Lipinski definition) is 5. The van der Waals surface area contributed by atoms with E-state index in [2.05, 4.69) is 4.98 Å². The van der Waals surface area contributed by atoms with Gasteiger partial charge in [0.05, 0.1) is 4.90 Å². The van der Waals surface area contributed by atoms with Gasteiger partial charge >= 0.3 is 0 Å². The summed E-state index contributed by atoms with van der Waals surface area (Å²) >= 11 is 0. The second-order valence-corrected chi connectivity index (χ2v) is 15.7. The zero-order chi connectivity index (χ0) is 27.1. The number of pyridine rings is 1. The van der Waals surface area contributed by atoms with Crippen LogP contribution in [0, 0.1) is 0 Å². The zero-order valence-corrected chi connectivity index (χ0v) is 23.5. The minimum atomic E-state index is -3.66. The van der Waals surface area contributed by atoms with Crippen molar-refractivity contribution in [1.29, 1.82) is 0 Å². The molecule has 0 aliphatic carbocycles. The summed E-state index contributed by atoms with van der Waals surface area (Å²) in [5.74, 6) is 1.05. The van der Waals surface area contributed by atoms with Crippen LogP contribution in [0.5, 0.6) is 11.5 Å². The van der Waals surface area contributed by atoms with E-state index in [0.717, 1.165) is 18.4 Å². The smallest absolute Gasteiger partial charge is 0.274 e. The quantitative estimate of drug-likeness (QED) is 0.321. The predicted octanol–water partition coefficient (Wildman–Crippen LogP) is 4.86. The van der Waals surface area contributed by atoms with E-state index in [-0.39, 0.29) is 10.5 Å². The topological polar surface area (TPSA) is 105 Å². The Morgan fingerprint density at radius 1 is 1.03 bits per heavy atom. The van der Waals surface area contributed by atoms with E-state index in [1.54, 1.807) is 37.6 Å². The van der Waals surface area contributed by atoms with Gasteiger partial charge in [0.2, 0.25) is 18.3 Å². The first-order chi connectivity index (χ1) is 18.0. The highest BCUT2D eigenvalue weighted by Gasteiger charge is 2.28. The van der Waals surface area contributed by atoms with Gasteiger partial charge in [0.1, 0.15) is 17.0 Å². The Labute approximate surface area is 223 Å². The summed E-state index contributed by atoms with van der Waals surface area (Å²) in [5, 5.41) is 0.685. The Kier molecular flexibility index (Phi) is 6.91. The lowest BCUT2D eigenvalue weighted by molar-refractivity contribution is 0.475. The van der Waals surface area contributed by atoms with Gasteiger partial charge in [-0.3, -0.25) is 4.79 Å². The van der Waals surface area contributed by atoms with E-state index in [1.165, 1.54) is 8.87 Å². The molecular formula is C28H31N3O5SSi. The molecule has 0 atom stereocenters. The zero-order valence-electron chi connectivity index (χ0n) is 21.6. The molecule has 1 aliphatic rings. The molecule has 198 valence electrons. The number of H-pyrrole nitrogens is 1. The third kappa shape index (κ3) is 5.25. The van der Waals surface area contributed by atoms with Gasteiger partial charge < -0.3 is 19.1 Å². The first-order valence-corrected chi connectivity index (χ1v) is 17.0. The molecule has 4 aromatic rings. The summed E-state index contributed by atoms with van der Waals surface area (Å²) < 4.78 is 36.1. The van der Waals surface area contributed by atoms with Crippen molar-refractivity contribution in [3.8, 4) is 22.6 Å². The Morgan fingerprint density at radius 3 is 2.42 bits per heavy atom. The average Bonchev–Trinajstić information content (AvgIpc) is 3.59. The van der Waals surface area contributed by atoms with Gasteiger partial charge in [-0.15, -0.1) is 0 Å². The minimum absolute atomic E-state index is 0.171. The number of aryl methyl sites for hydroxylation is 1. The number of ether oxygens (including phenoxy) is 1. The molecular weight excluding hydrogens is 518 g/mol. The fourth-order valence-corrected chi connectivity index (χ4v) is 6.75. The van der Waals surface area contributed by atoms with Gasteiger partial charge in [0, 0.05) is 49.0 Å². The van der Waals surface area contributed by atoms with Crippen molar-refractivity contribution in [2.24, 2.45) is 7.05 Å². The molecule has 8 nitrogen and oxygen atoms in total. The maximum Gasteiger partial charge on any atom is 0.274 e. The molecule has 5 rings (SSSR count). The number of aromatic amines is 1. The van der Waals surface area contributed by atoms with Crippen LogP contribution in [0.2, 0.25) is 13.1 Å². The number of sulfonamides is 1. The molecule has 38 heavy (non-hydrogen) atoms. The highest BCUT2D eigenvalue weighted by molar-refractivity contribution is 7.89. The maximum absolute atomic E-state index is 13.4. The van der Waals surface area contributed by atoms with Crippen LogP contribution in [0.4, 0.5) is 0 Å². The molecule has 0 radical (unpaired) electrons. The van der Waals surface area contributed by atoms with E-state index in [0.29, 0.717) is 46.6 Å². The first kappa shape index (κ1) is 26.2. The standard InChI is InChI=1S/C28H31N3O5SSi/c1-30-19-25(23-12-14-29-27(23)28(30)32)24-18-22(37(33,34)31-15-4-5-16-31)10-11-26(24)36-21-8-6-20(7-9-21)13-17-38(2,3)35/h6-14,17-19,29,35H,4-5,15-16H2,1-3H3. The molecule has 0 bridgehead atoms. The van der Waals surface area contributed by atoms with Crippen molar-refractivity contribution in [2.45, 2.75) is 30.8 Å². The van der Waals surface area contributed by atoms with Crippen molar-refractivity contribution in [3.63, 3.8) is 0 Å². The Morgan fingerprint density at radius 2 is 1.74 bits per heavy atom. The van der Waals surface area contributed by atoms with Crippen LogP contribution in [-0.4, -0.2) is 48.5 Å². The molecule has 2 N–H and O–H groups in total. The van der Waals surface area contributed by atoms with Crippen LogP contribution < -0.4 is 10.3 Å². The average molecular weight is 550 g/mol. The lowest BCUT2D eigenvalue weighted by atomic mass is 10.0. The highest BCUT2D eigenvalue weighted by atomic mass is 32.2. The molecule has 0 saturated carbocycles. The maximum atomic E-state index is 13.4. The summed E-state index contributed by atoms with van der Waals surface area (Å²) in [6, 6.07) is 14.2. The fourth-order valence-electron chi connectivity index (χ4n) is 4.60. The largest absolute Gasteiger partial charge is 0.457 e. The summed E-state index contributed by atoms with van der Waals surface area (Å²) in [7, 11) is -4.30. The molecule has 0 unspecified atom stereocenters. The second-order valence-electron chi connectivity index (χ2n) is 10.2. The van der Waals surface area contributed by atoms with E-state index in [1.807, 2.05) is 55.2 Å². The lowest BCUT2D eigenvalue weighted by Gasteiger charge is -2.18. The van der Waals surface area contributed by atoms with E-state index in [4.69, 9.17) is 4.74 Å². The molecule has 0 spiro atoms. The Bertz CT molecular complexity index is 1680. The SMILES string of the molecule is Cn1cc(-c2cc(S(=O)(=O)N3CCCC3)ccc2Oc2ccc(C=C[Si](C)(C)O)cc2)c2cc[nH]c2c1=O. The summed E-state index contributed by atoms with van der Waals surface area (Å²) in [5.41, 5.74) is 4.31. The molecule has 3 heterocycles. The normalized spacial score (nSPS) is 15.1. The van der Waals surface area contributed by atoms with Crippen LogP contribution in [-0.2, 0) is 17.1 Å². The number of benzene rings is 2.